The van der Waals surface area contributed by atoms with Crippen LogP contribution in [0.5, 0.6) is 0 Å². The van der Waals surface area contributed by atoms with E-state index in [2.05, 4.69) is 6.92 Å². The van der Waals surface area contributed by atoms with Gasteiger partial charge in [-0.25, -0.2) is 0 Å². The summed E-state index contributed by atoms with van der Waals surface area (Å²) in [7, 11) is 0. The van der Waals surface area contributed by atoms with Crippen molar-refractivity contribution in [2.45, 2.75) is 77.2 Å². The van der Waals surface area contributed by atoms with Crippen molar-refractivity contribution in [2.75, 3.05) is 0 Å². The zero-order valence-corrected chi connectivity index (χ0v) is 13.7. The van der Waals surface area contributed by atoms with E-state index in [1.807, 2.05) is 37.3 Å². The molecule has 0 radical (unpaired) electrons. The second kappa shape index (κ2) is 9.73. The van der Waals surface area contributed by atoms with Crippen molar-refractivity contribution in [1.82, 2.24) is 0 Å². The summed E-state index contributed by atoms with van der Waals surface area (Å²) in [6.45, 7) is 4.07. The lowest BCUT2D eigenvalue weighted by Gasteiger charge is -2.23. The van der Waals surface area contributed by atoms with Gasteiger partial charge in [-0.2, -0.15) is 0 Å². The monoisotopic (exact) mass is 289 g/mol. The van der Waals surface area contributed by atoms with Gasteiger partial charge in [0.1, 0.15) is 0 Å². The standard InChI is InChI=1S/C19H31NO/c1-3-4-5-6-7-8-9-13-16-18(21)19(2,20)17-14-11-10-12-15-17/h10-12,14-15H,3-9,13,16,20H2,1-2H3. The molecule has 2 N–H and O–H groups in total. The average Bonchev–Trinajstić information content (AvgIpc) is 2.50. The van der Waals surface area contributed by atoms with Crippen LogP contribution in [0.4, 0.5) is 0 Å². The summed E-state index contributed by atoms with van der Waals surface area (Å²) >= 11 is 0. The van der Waals surface area contributed by atoms with Crippen LogP contribution < -0.4 is 5.73 Å². The molecule has 0 aromatic heterocycles. The minimum atomic E-state index is -0.845. The van der Waals surface area contributed by atoms with E-state index in [1.165, 1.54) is 38.5 Å². The molecule has 0 aliphatic carbocycles. The maximum absolute atomic E-state index is 12.3. The van der Waals surface area contributed by atoms with Gasteiger partial charge in [0.15, 0.2) is 5.78 Å². The van der Waals surface area contributed by atoms with Crippen molar-refractivity contribution in [3.63, 3.8) is 0 Å². The molecule has 2 nitrogen and oxygen atoms in total. The van der Waals surface area contributed by atoms with Gasteiger partial charge in [-0.3, -0.25) is 4.79 Å². The molecule has 1 aromatic rings. The van der Waals surface area contributed by atoms with Gasteiger partial charge >= 0.3 is 0 Å². The maximum atomic E-state index is 12.3. The van der Waals surface area contributed by atoms with Crippen molar-refractivity contribution < 1.29 is 4.79 Å². The first-order chi connectivity index (χ1) is 10.1. The van der Waals surface area contributed by atoms with Gasteiger partial charge in [-0.1, -0.05) is 82.2 Å². The summed E-state index contributed by atoms with van der Waals surface area (Å²) < 4.78 is 0. The van der Waals surface area contributed by atoms with E-state index in [-0.39, 0.29) is 5.78 Å². The molecule has 0 fully saturated rings. The number of rotatable bonds is 11. The van der Waals surface area contributed by atoms with Crippen molar-refractivity contribution >= 4 is 5.78 Å². The number of carbonyl (C=O) groups is 1. The van der Waals surface area contributed by atoms with Crippen molar-refractivity contribution in [1.29, 1.82) is 0 Å². The molecule has 118 valence electrons. The van der Waals surface area contributed by atoms with E-state index in [1.54, 1.807) is 0 Å². The van der Waals surface area contributed by atoms with Crippen LogP contribution in [0.1, 0.15) is 77.2 Å². The number of hydrogen-bond donors (Lipinski definition) is 1. The van der Waals surface area contributed by atoms with Crippen LogP contribution in [0.3, 0.4) is 0 Å². The summed E-state index contributed by atoms with van der Waals surface area (Å²) in [6, 6.07) is 9.69. The van der Waals surface area contributed by atoms with Crippen molar-refractivity contribution in [2.24, 2.45) is 5.73 Å². The number of nitrogens with two attached hydrogens (primary N) is 1. The lowest BCUT2D eigenvalue weighted by atomic mass is 9.86. The molecular weight excluding hydrogens is 258 g/mol. The molecule has 0 aliphatic rings. The Hall–Kier alpha value is -1.15. The molecular formula is C19H31NO. The Morgan fingerprint density at radius 1 is 0.952 bits per heavy atom. The Morgan fingerprint density at radius 3 is 2.05 bits per heavy atom. The minimum Gasteiger partial charge on any atom is -0.315 e. The molecule has 0 saturated heterocycles. The number of benzene rings is 1. The summed E-state index contributed by atoms with van der Waals surface area (Å²) in [5.74, 6) is 0.152. The average molecular weight is 289 g/mol. The lowest BCUT2D eigenvalue weighted by molar-refractivity contribution is -0.124. The Bertz CT molecular complexity index is 397. The zero-order valence-electron chi connectivity index (χ0n) is 13.7. The Kier molecular flexibility index (Phi) is 8.29. The van der Waals surface area contributed by atoms with Crippen molar-refractivity contribution in [3.05, 3.63) is 35.9 Å². The van der Waals surface area contributed by atoms with Crippen LogP contribution in [0, 0.1) is 0 Å². The van der Waals surface area contributed by atoms with E-state index in [9.17, 15) is 4.79 Å². The topological polar surface area (TPSA) is 43.1 Å². The van der Waals surface area contributed by atoms with Gasteiger partial charge in [-0.05, 0) is 18.9 Å². The van der Waals surface area contributed by atoms with Crippen LogP contribution in [0.2, 0.25) is 0 Å². The normalized spacial score (nSPS) is 13.9. The molecule has 0 aliphatic heterocycles. The largest absolute Gasteiger partial charge is 0.315 e. The third kappa shape index (κ3) is 6.43. The summed E-state index contributed by atoms with van der Waals surface area (Å²) in [5, 5.41) is 0. The van der Waals surface area contributed by atoms with E-state index in [0.29, 0.717) is 6.42 Å². The fourth-order valence-electron chi connectivity index (χ4n) is 2.62. The smallest absolute Gasteiger partial charge is 0.156 e. The molecule has 0 amide bonds. The fourth-order valence-corrected chi connectivity index (χ4v) is 2.62. The van der Waals surface area contributed by atoms with Crippen LogP contribution in [-0.2, 0) is 10.3 Å². The first-order valence-electron chi connectivity index (χ1n) is 8.46. The van der Waals surface area contributed by atoms with Gasteiger partial charge in [0, 0.05) is 6.42 Å². The fraction of sp³-hybridized carbons (Fsp3) is 0.632. The molecule has 1 atom stereocenters. The van der Waals surface area contributed by atoms with Gasteiger partial charge in [0.05, 0.1) is 5.54 Å². The predicted octanol–water partition coefficient (Wildman–Crippen LogP) is 4.96. The number of unbranched alkanes of at least 4 members (excludes halogenated alkanes) is 7. The second-order valence-corrected chi connectivity index (χ2v) is 6.22. The second-order valence-electron chi connectivity index (χ2n) is 6.22. The summed E-state index contributed by atoms with van der Waals surface area (Å²) in [6.07, 6.45) is 10.6. The SMILES string of the molecule is CCCCCCCCCCC(=O)C(C)(N)c1ccccc1. The van der Waals surface area contributed by atoms with Crippen molar-refractivity contribution in [3.8, 4) is 0 Å². The Balaban J connectivity index is 2.21. The summed E-state index contributed by atoms with van der Waals surface area (Å²) in [5.41, 5.74) is 6.29. The van der Waals surface area contributed by atoms with Gasteiger partial charge < -0.3 is 5.73 Å². The van der Waals surface area contributed by atoms with E-state index < -0.39 is 5.54 Å². The molecule has 1 rings (SSSR count). The van der Waals surface area contributed by atoms with Crippen LogP contribution in [-0.4, -0.2) is 5.78 Å². The number of ketones is 1. The first-order valence-corrected chi connectivity index (χ1v) is 8.46. The molecule has 0 bridgehead atoms. The van der Waals surface area contributed by atoms with Crippen LogP contribution >= 0.6 is 0 Å². The third-order valence-corrected chi connectivity index (χ3v) is 4.21. The summed E-state index contributed by atoms with van der Waals surface area (Å²) in [4.78, 5) is 12.3. The number of Topliss-reactive ketones (excluding diaryl/α,β-unsaturated/α-hetero) is 1. The molecule has 2 heteroatoms. The highest BCUT2D eigenvalue weighted by atomic mass is 16.1. The molecule has 1 aromatic carbocycles. The molecule has 0 saturated carbocycles. The van der Waals surface area contributed by atoms with Gasteiger partial charge in [0.25, 0.3) is 0 Å². The highest BCUT2D eigenvalue weighted by Gasteiger charge is 2.29. The number of hydrogen-bond acceptors (Lipinski definition) is 2. The van der Waals surface area contributed by atoms with Gasteiger partial charge in [0.2, 0.25) is 0 Å². The zero-order chi connectivity index (χ0) is 15.6. The van der Waals surface area contributed by atoms with E-state index >= 15 is 0 Å². The molecule has 0 heterocycles. The highest BCUT2D eigenvalue weighted by molar-refractivity contribution is 5.88. The van der Waals surface area contributed by atoms with E-state index in [0.717, 1.165) is 18.4 Å². The Labute approximate surface area is 130 Å². The quantitative estimate of drug-likeness (QED) is 0.585. The van der Waals surface area contributed by atoms with E-state index in [4.69, 9.17) is 5.73 Å². The molecule has 0 spiro atoms. The first kappa shape index (κ1) is 17.9. The van der Waals surface area contributed by atoms with Crippen LogP contribution in [0.15, 0.2) is 30.3 Å². The predicted molar refractivity (Wildman–Crippen MR) is 90.2 cm³/mol. The van der Waals surface area contributed by atoms with Gasteiger partial charge in [-0.15, -0.1) is 0 Å². The Morgan fingerprint density at radius 2 is 1.48 bits per heavy atom. The molecule has 1 unspecified atom stereocenters. The maximum Gasteiger partial charge on any atom is 0.156 e. The van der Waals surface area contributed by atoms with Crippen LogP contribution in [0.25, 0.3) is 0 Å². The minimum absolute atomic E-state index is 0.152. The molecule has 21 heavy (non-hydrogen) atoms. The third-order valence-electron chi connectivity index (χ3n) is 4.21. The number of carbonyl (C=O) groups excluding carboxylic acids is 1. The lowest BCUT2D eigenvalue weighted by Crippen LogP contribution is -2.41. The highest BCUT2D eigenvalue weighted by Crippen LogP contribution is 2.21.